The molecule has 1 saturated heterocycles. The Labute approximate surface area is 197 Å². The van der Waals surface area contributed by atoms with Crippen molar-refractivity contribution in [1.82, 2.24) is 0 Å². The molecule has 0 aromatic heterocycles. The molecule has 0 bridgehead atoms. The third-order valence-electron chi connectivity index (χ3n) is 5.41. The lowest BCUT2D eigenvalue weighted by Crippen LogP contribution is -2.34. The van der Waals surface area contributed by atoms with E-state index < -0.39 is 19.8 Å². The third-order valence-corrected chi connectivity index (χ3v) is 9.79. The van der Waals surface area contributed by atoms with E-state index in [4.69, 9.17) is 4.78 Å². The van der Waals surface area contributed by atoms with Crippen LogP contribution < -0.4 is 9.62 Å². The molecule has 32 heavy (non-hydrogen) atoms. The summed E-state index contributed by atoms with van der Waals surface area (Å²) < 4.78 is 49.7. The van der Waals surface area contributed by atoms with E-state index >= 15 is 0 Å². The van der Waals surface area contributed by atoms with Crippen molar-refractivity contribution in [1.29, 1.82) is 4.78 Å². The summed E-state index contributed by atoms with van der Waals surface area (Å²) in [4.78, 5) is 0.288. The van der Waals surface area contributed by atoms with Crippen molar-refractivity contribution in [3.8, 4) is 0 Å². The fourth-order valence-corrected chi connectivity index (χ4v) is 6.93. The van der Waals surface area contributed by atoms with Gasteiger partial charge in [0.05, 0.1) is 30.9 Å². The highest BCUT2D eigenvalue weighted by atomic mass is 32.2. The summed E-state index contributed by atoms with van der Waals surface area (Å²) in [5, 5.41) is 3.29. The first-order chi connectivity index (χ1) is 15.0. The summed E-state index contributed by atoms with van der Waals surface area (Å²) in [7, 11) is -7.03. The van der Waals surface area contributed by atoms with Crippen LogP contribution in [0.1, 0.15) is 26.3 Å². The molecule has 0 aliphatic carbocycles. The Morgan fingerprint density at radius 2 is 1.78 bits per heavy atom. The van der Waals surface area contributed by atoms with Gasteiger partial charge in [0.1, 0.15) is 0 Å². The summed E-state index contributed by atoms with van der Waals surface area (Å²) >= 11 is 1.89. The van der Waals surface area contributed by atoms with Crippen molar-refractivity contribution in [3.05, 3.63) is 48.0 Å². The van der Waals surface area contributed by atoms with E-state index in [0.29, 0.717) is 23.8 Å². The number of thioether (sulfide) groups is 1. The normalized spacial score (nSPS) is 16.4. The largest absolute Gasteiger partial charge is 0.384 e. The van der Waals surface area contributed by atoms with Crippen LogP contribution in [0.2, 0.25) is 0 Å². The van der Waals surface area contributed by atoms with Crippen LogP contribution in [-0.4, -0.2) is 43.5 Å². The number of hydrogen-bond acceptors (Lipinski definition) is 6. The number of benzene rings is 2. The molecule has 176 valence electrons. The first-order valence-corrected chi connectivity index (χ1v) is 15.4. The number of rotatable bonds is 10. The summed E-state index contributed by atoms with van der Waals surface area (Å²) in [6, 6.07) is 12.2. The monoisotopic (exact) mass is 495 g/mol. The highest BCUT2D eigenvalue weighted by molar-refractivity contribution is 8.00. The van der Waals surface area contributed by atoms with E-state index in [1.165, 1.54) is 16.6 Å². The van der Waals surface area contributed by atoms with Crippen molar-refractivity contribution in [2.45, 2.75) is 37.0 Å². The van der Waals surface area contributed by atoms with Crippen LogP contribution in [0.5, 0.6) is 0 Å². The molecule has 1 unspecified atom stereocenters. The molecule has 9 heteroatoms. The SMILES string of the molecule is CCc1ccc(N(CC(C)C)S(=O)(=O)c2ccc(NCC3CSC3)c(S(C)(=N)=O)c2)cc1. The number of aryl methyl sites for hydroxylation is 1. The quantitative estimate of drug-likeness (QED) is 0.489. The van der Waals surface area contributed by atoms with Gasteiger partial charge in [-0.05, 0) is 65.7 Å². The van der Waals surface area contributed by atoms with Gasteiger partial charge in [-0.3, -0.25) is 4.31 Å². The number of nitrogens with zero attached hydrogens (tertiary/aromatic N) is 1. The molecule has 1 atom stereocenters. The molecule has 3 rings (SSSR count). The zero-order chi connectivity index (χ0) is 23.5. The summed E-state index contributed by atoms with van der Waals surface area (Å²) in [6.45, 7) is 7.06. The highest BCUT2D eigenvalue weighted by Gasteiger charge is 2.28. The lowest BCUT2D eigenvalue weighted by atomic mass is 10.1. The molecule has 6 nitrogen and oxygen atoms in total. The van der Waals surface area contributed by atoms with Gasteiger partial charge in [0.15, 0.2) is 0 Å². The molecule has 0 saturated carbocycles. The van der Waals surface area contributed by atoms with Gasteiger partial charge in [-0.1, -0.05) is 32.9 Å². The van der Waals surface area contributed by atoms with Crippen molar-refractivity contribution >= 4 is 42.9 Å². The van der Waals surface area contributed by atoms with Crippen molar-refractivity contribution in [3.63, 3.8) is 0 Å². The average molecular weight is 496 g/mol. The second-order valence-electron chi connectivity index (χ2n) is 8.74. The van der Waals surface area contributed by atoms with E-state index in [1.807, 2.05) is 49.9 Å². The molecule has 1 fully saturated rings. The van der Waals surface area contributed by atoms with E-state index in [1.54, 1.807) is 12.1 Å². The Kier molecular flexibility index (Phi) is 7.83. The lowest BCUT2D eigenvalue weighted by molar-refractivity contribution is 0.577. The number of anilines is 2. The van der Waals surface area contributed by atoms with Crippen LogP contribution in [-0.2, 0) is 26.2 Å². The maximum absolute atomic E-state index is 13.7. The number of nitrogens with one attached hydrogen (secondary N) is 2. The molecule has 2 N–H and O–H groups in total. The van der Waals surface area contributed by atoms with Crippen molar-refractivity contribution < 1.29 is 12.6 Å². The molecular formula is C23H33N3O3S3. The van der Waals surface area contributed by atoms with Crippen LogP contribution in [0.15, 0.2) is 52.3 Å². The van der Waals surface area contributed by atoms with E-state index in [0.717, 1.165) is 30.0 Å². The second-order valence-corrected chi connectivity index (χ2v) is 13.8. The van der Waals surface area contributed by atoms with Gasteiger partial charge in [0.25, 0.3) is 10.0 Å². The standard InChI is InChI=1S/C23H33N3O3S3/c1-5-18-6-8-20(9-7-18)26(14-17(2)3)32(28,29)21-10-11-22(23(12-21)31(4,24)27)25-13-19-15-30-16-19/h6-12,17,19,24-25H,5,13-16H2,1-4H3. The van der Waals surface area contributed by atoms with Gasteiger partial charge in [0.2, 0.25) is 0 Å². The van der Waals surface area contributed by atoms with E-state index in [-0.39, 0.29) is 15.7 Å². The van der Waals surface area contributed by atoms with Gasteiger partial charge in [-0.2, -0.15) is 11.8 Å². The Morgan fingerprint density at radius 3 is 2.28 bits per heavy atom. The molecular weight excluding hydrogens is 462 g/mol. The maximum atomic E-state index is 13.7. The Morgan fingerprint density at radius 1 is 1.12 bits per heavy atom. The molecule has 2 aromatic carbocycles. The van der Waals surface area contributed by atoms with E-state index in [2.05, 4.69) is 12.2 Å². The first-order valence-electron chi connectivity index (χ1n) is 10.8. The molecule has 0 amide bonds. The fraction of sp³-hybridized carbons (Fsp3) is 0.478. The zero-order valence-corrected chi connectivity index (χ0v) is 21.6. The van der Waals surface area contributed by atoms with E-state index in [9.17, 15) is 12.6 Å². The summed E-state index contributed by atoms with van der Waals surface area (Å²) in [5.41, 5.74) is 2.31. The van der Waals surface area contributed by atoms with Crippen molar-refractivity contribution in [2.24, 2.45) is 11.8 Å². The van der Waals surface area contributed by atoms with Gasteiger partial charge < -0.3 is 5.32 Å². The summed E-state index contributed by atoms with van der Waals surface area (Å²) in [5.74, 6) is 2.82. The molecule has 0 radical (unpaired) electrons. The van der Waals surface area contributed by atoms with Crippen molar-refractivity contribution in [2.75, 3.05) is 40.5 Å². The van der Waals surface area contributed by atoms with Crippen LogP contribution >= 0.6 is 11.8 Å². The Hall–Kier alpha value is -1.71. The smallest absolute Gasteiger partial charge is 0.264 e. The molecule has 2 aromatic rings. The second kappa shape index (κ2) is 10.1. The Balaban J connectivity index is 2.01. The predicted molar refractivity (Wildman–Crippen MR) is 136 cm³/mol. The minimum absolute atomic E-state index is 0.0549. The van der Waals surface area contributed by atoms with Gasteiger partial charge >= 0.3 is 0 Å². The third kappa shape index (κ3) is 5.80. The average Bonchev–Trinajstić information content (AvgIpc) is 2.70. The minimum atomic E-state index is -3.90. The van der Waals surface area contributed by atoms with Crippen LogP contribution in [0.3, 0.4) is 0 Å². The molecule has 1 aliphatic heterocycles. The van der Waals surface area contributed by atoms with Crippen LogP contribution in [0.4, 0.5) is 11.4 Å². The summed E-state index contributed by atoms with van der Waals surface area (Å²) in [6.07, 6.45) is 2.21. The van der Waals surface area contributed by atoms with Crippen LogP contribution in [0, 0.1) is 16.6 Å². The lowest BCUT2D eigenvalue weighted by Gasteiger charge is -2.28. The minimum Gasteiger partial charge on any atom is -0.384 e. The van der Waals surface area contributed by atoms with Gasteiger partial charge in [-0.15, -0.1) is 0 Å². The number of hydrogen-bond donors (Lipinski definition) is 2. The van der Waals surface area contributed by atoms with Gasteiger partial charge in [0, 0.05) is 19.3 Å². The topological polar surface area (TPSA) is 90.3 Å². The fourth-order valence-electron chi connectivity index (χ4n) is 3.49. The molecule has 0 spiro atoms. The first kappa shape index (κ1) is 24.9. The number of sulfonamides is 1. The Bertz CT molecular complexity index is 1140. The predicted octanol–water partition coefficient (Wildman–Crippen LogP) is 4.91. The zero-order valence-electron chi connectivity index (χ0n) is 19.1. The maximum Gasteiger partial charge on any atom is 0.264 e. The molecule has 1 heterocycles. The van der Waals surface area contributed by atoms with Crippen LogP contribution in [0.25, 0.3) is 0 Å². The molecule has 1 aliphatic rings. The van der Waals surface area contributed by atoms with Gasteiger partial charge in [-0.25, -0.2) is 17.4 Å². The highest BCUT2D eigenvalue weighted by Crippen LogP contribution is 2.31.